The number of urea groups is 1. The van der Waals surface area contributed by atoms with E-state index in [4.69, 9.17) is 0 Å². The van der Waals surface area contributed by atoms with Gasteiger partial charge in [-0.2, -0.15) is 0 Å². The molecule has 7 heteroatoms. The molecule has 1 saturated heterocycles. The molecule has 4 amide bonds. The Morgan fingerprint density at radius 3 is 3.00 bits per heavy atom. The molecule has 7 nitrogen and oxygen atoms in total. The molecule has 2 heterocycles. The van der Waals surface area contributed by atoms with Crippen molar-refractivity contribution in [2.75, 3.05) is 6.54 Å². The van der Waals surface area contributed by atoms with Crippen LogP contribution in [0.4, 0.5) is 4.79 Å². The first-order chi connectivity index (χ1) is 11.0. The molecular formula is C16H20N4O3. The number of aromatic nitrogens is 1. The van der Waals surface area contributed by atoms with Crippen LogP contribution >= 0.6 is 0 Å². The highest BCUT2D eigenvalue weighted by Crippen LogP contribution is 2.37. The van der Waals surface area contributed by atoms with Crippen LogP contribution in [0.15, 0.2) is 18.3 Å². The topological polar surface area (TPSA) is 100 Å². The Labute approximate surface area is 134 Å². The number of carbonyl (C=O) groups is 3. The third-order valence-electron chi connectivity index (χ3n) is 4.76. The molecule has 2 atom stereocenters. The normalized spacial score (nSPS) is 26.2. The van der Waals surface area contributed by atoms with Crippen LogP contribution in [0.5, 0.6) is 0 Å². The van der Waals surface area contributed by atoms with Crippen LogP contribution in [0.25, 0.3) is 0 Å². The third-order valence-corrected chi connectivity index (χ3v) is 4.76. The maximum atomic E-state index is 12.3. The van der Waals surface area contributed by atoms with E-state index in [0.717, 1.165) is 24.8 Å². The SMILES string of the molecule is CCc1ccnc(C(=O)NC[C@H]2CCC[C@]23NC(=O)NC3=O)c1. The summed E-state index contributed by atoms with van der Waals surface area (Å²) >= 11 is 0. The number of nitrogens with zero attached hydrogens (tertiary/aromatic N) is 1. The monoisotopic (exact) mass is 316 g/mol. The standard InChI is InChI=1S/C16H20N4O3/c1-2-10-5-7-17-12(8-10)13(21)18-9-11-4-3-6-16(11)14(22)19-15(23)20-16/h5,7-8,11H,2-4,6,9H2,1H3,(H,18,21)(H2,19,20,22,23)/t11-,16+/m1/s1. The first kappa shape index (κ1) is 15.5. The highest BCUT2D eigenvalue weighted by Gasteiger charge is 2.54. The lowest BCUT2D eigenvalue weighted by molar-refractivity contribution is -0.125. The molecule has 0 radical (unpaired) electrons. The van der Waals surface area contributed by atoms with Crippen LogP contribution < -0.4 is 16.0 Å². The zero-order valence-electron chi connectivity index (χ0n) is 13.0. The summed E-state index contributed by atoms with van der Waals surface area (Å²) in [5, 5.41) is 7.89. The number of pyridine rings is 1. The van der Waals surface area contributed by atoms with E-state index in [1.54, 1.807) is 12.3 Å². The minimum Gasteiger partial charge on any atom is -0.350 e. The van der Waals surface area contributed by atoms with Gasteiger partial charge in [0.15, 0.2) is 0 Å². The van der Waals surface area contributed by atoms with Crippen LogP contribution in [0.2, 0.25) is 0 Å². The number of nitrogens with one attached hydrogen (secondary N) is 3. The molecule has 1 aromatic heterocycles. The van der Waals surface area contributed by atoms with E-state index in [0.29, 0.717) is 18.7 Å². The molecule has 2 fully saturated rings. The van der Waals surface area contributed by atoms with Gasteiger partial charge in [0.2, 0.25) is 0 Å². The summed E-state index contributed by atoms with van der Waals surface area (Å²) < 4.78 is 0. The molecule has 3 rings (SSSR count). The van der Waals surface area contributed by atoms with E-state index < -0.39 is 11.6 Å². The summed E-state index contributed by atoms with van der Waals surface area (Å²) in [7, 11) is 0. The third kappa shape index (κ3) is 2.78. The highest BCUT2D eigenvalue weighted by molar-refractivity contribution is 6.07. The predicted octanol–water partition coefficient (Wildman–Crippen LogP) is 0.752. The van der Waals surface area contributed by atoms with Crippen molar-refractivity contribution in [3.8, 4) is 0 Å². The van der Waals surface area contributed by atoms with Crippen molar-refractivity contribution in [1.29, 1.82) is 0 Å². The Hall–Kier alpha value is -2.44. The molecule has 3 N–H and O–H groups in total. The minimum absolute atomic E-state index is 0.104. The van der Waals surface area contributed by atoms with E-state index in [-0.39, 0.29) is 17.7 Å². The molecule has 0 bridgehead atoms. The van der Waals surface area contributed by atoms with Gasteiger partial charge < -0.3 is 10.6 Å². The number of amides is 4. The van der Waals surface area contributed by atoms with Crippen molar-refractivity contribution in [3.05, 3.63) is 29.6 Å². The Morgan fingerprint density at radius 2 is 2.30 bits per heavy atom. The van der Waals surface area contributed by atoms with Crippen molar-refractivity contribution in [1.82, 2.24) is 20.9 Å². The van der Waals surface area contributed by atoms with Crippen LogP contribution in [-0.2, 0) is 11.2 Å². The molecule has 0 aromatic carbocycles. The lowest BCUT2D eigenvalue weighted by Crippen LogP contribution is -2.53. The minimum atomic E-state index is -0.872. The fraction of sp³-hybridized carbons (Fsp3) is 0.500. The van der Waals surface area contributed by atoms with E-state index in [1.165, 1.54) is 0 Å². The van der Waals surface area contributed by atoms with Gasteiger partial charge in [0, 0.05) is 18.7 Å². The van der Waals surface area contributed by atoms with Gasteiger partial charge in [-0.15, -0.1) is 0 Å². The average Bonchev–Trinajstić information content (AvgIpc) is 3.08. The van der Waals surface area contributed by atoms with Crippen molar-refractivity contribution in [3.63, 3.8) is 0 Å². The second kappa shape index (κ2) is 5.98. The fourth-order valence-electron chi connectivity index (χ4n) is 3.45. The summed E-state index contributed by atoms with van der Waals surface area (Å²) in [6.45, 7) is 2.35. The number of imide groups is 1. The maximum Gasteiger partial charge on any atom is 0.322 e. The second-order valence-electron chi connectivity index (χ2n) is 6.08. The molecule has 1 spiro atoms. The van der Waals surface area contributed by atoms with Crippen molar-refractivity contribution >= 4 is 17.8 Å². The van der Waals surface area contributed by atoms with Crippen LogP contribution in [-0.4, -0.2) is 34.9 Å². The Morgan fingerprint density at radius 1 is 1.48 bits per heavy atom. The fourth-order valence-corrected chi connectivity index (χ4v) is 3.45. The predicted molar refractivity (Wildman–Crippen MR) is 82.7 cm³/mol. The number of hydrogen-bond donors (Lipinski definition) is 3. The maximum absolute atomic E-state index is 12.3. The lowest BCUT2D eigenvalue weighted by atomic mass is 9.87. The number of rotatable bonds is 4. The van der Waals surface area contributed by atoms with Gasteiger partial charge in [-0.05, 0) is 37.0 Å². The molecular weight excluding hydrogens is 296 g/mol. The molecule has 1 aromatic rings. The summed E-state index contributed by atoms with van der Waals surface area (Å²) in [6.07, 6.45) is 4.69. The average molecular weight is 316 g/mol. The first-order valence-electron chi connectivity index (χ1n) is 7.92. The Bertz CT molecular complexity index is 660. The van der Waals surface area contributed by atoms with E-state index in [1.807, 2.05) is 13.0 Å². The van der Waals surface area contributed by atoms with Gasteiger partial charge in [-0.25, -0.2) is 4.79 Å². The summed E-state index contributed by atoms with van der Waals surface area (Å²) in [5.74, 6) is -0.648. The summed E-state index contributed by atoms with van der Waals surface area (Å²) in [5.41, 5.74) is 0.546. The van der Waals surface area contributed by atoms with E-state index in [2.05, 4.69) is 20.9 Å². The van der Waals surface area contributed by atoms with E-state index in [9.17, 15) is 14.4 Å². The number of aryl methyl sites for hydroxylation is 1. The van der Waals surface area contributed by atoms with Gasteiger partial charge in [-0.3, -0.25) is 19.9 Å². The van der Waals surface area contributed by atoms with Gasteiger partial charge in [-0.1, -0.05) is 13.3 Å². The number of carbonyl (C=O) groups excluding carboxylic acids is 3. The molecule has 1 saturated carbocycles. The van der Waals surface area contributed by atoms with E-state index >= 15 is 0 Å². The van der Waals surface area contributed by atoms with Crippen molar-refractivity contribution in [2.24, 2.45) is 5.92 Å². The Kier molecular flexibility index (Phi) is 4.02. The second-order valence-corrected chi connectivity index (χ2v) is 6.08. The summed E-state index contributed by atoms with van der Waals surface area (Å²) in [4.78, 5) is 39.9. The Balaban J connectivity index is 1.66. The molecule has 122 valence electrons. The van der Waals surface area contributed by atoms with Gasteiger partial charge in [0.05, 0.1) is 0 Å². The number of hydrogen-bond acceptors (Lipinski definition) is 4. The molecule has 1 aliphatic heterocycles. The summed E-state index contributed by atoms with van der Waals surface area (Å²) in [6, 6.07) is 3.19. The molecule has 1 aliphatic carbocycles. The smallest absolute Gasteiger partial charge is 0.322 e. The zero-order chi connectivity index (χ0) is 16.4. The van der Waals surface area contributed by atoms with Crippen molar-refractivity contribution < 1.29 is 14.4 Å². The van der Waals surface area contributed by atoms with Crippen LogP contribution in [0, 0.1) is 5.92 Å². The van der Waals surface area contributed by atoms with Crippen LogP contribution in [0.3, 0.4) is 0 Å². The molecule has 23 heavy (non-hydrogen) atoms. The van der Waals surface area contributed by atoms with Crippen molar-refractivity contribution in [2.45, 2.75) is 38.1 Å². The highest BCUT2D eigenvalue weighted by atomic mass is 16.2. The zero-order valence-corrected chi connectivity index (χ0v) is 13.0. The quantitative estimate of drug-likeness (QED) is 0.714. The van der Waals surface area contributed by atoms with Crippen LogP contribution in [0.1, 0.15) is 42.2 Å². The molecule has 0 unspecified atom stereocenters. The first-order valence-corrected chi connectivity index (χ1v) is 7.92. The largest absolute Gasteiger partial charge is 0.350 e. The molecule has 2 aliphatic rings. The van der Waals surface area contributed by atoms with Gasteiger partial charge in [0.1, 0.15) is 11.2 Å². The van der Waals surface area contributed by atoms with Gasteiger partial charge >= 0.3 is 6.03 Å². The lowest BCUT2D eigenvalue weighted by Gasteiger charge is -2.28. The van der Waals surface area contributed by atoms with Gasteiger partial charge in [0.25, 0.3) is 11.8 Å².